The Kier molecular flexibility index (Phi) is 6.09. The lowest BCUT2D eigenvalue weighted by molar-refractivity contribution is -0.137. The maximum absolute atomic E-state index is 12.6. The van der Waals surface area contributed by atoms with Crippen LogP contribution in [0.5, 0.6) is 0 Å². The number of likely N-dealkylation sites (N-methyl/N-ethyl adjacent to an activating group) is 1. The summed E-state index contributed by atoms with van der Waals surface area (Å²) in [5, 5.41) is 1.61. The fourth-order valence-electron chi connectivity index (χ4n) is 2.24. The Labute approximate surface area is 153 Å². The van der Waals surface area contributed by atoms with Crippen LogP contribution in [-0.4, -0.2) is 32.3 Å². The molecule has 142 valence electrons. The molecule has 1 aromatic heterocycles. The third-order valence-electron chi connectivity index (χ3n) is 3.54. The standard InChI is InChI=1S/C16H17F3N2O3S2/c1-11(20-26(23,24)14-4-3-9-25-14)15(22)21(2)10-12-5-7-13(8-6-12)16(17,18)19/h3-9,11,20H,10H2,1-2H3. The highest BCUT2D eigenvalue weighted by Gasteiger charge is 2.30. The Morgan fingerprint density at radius 3 is 2.35 bits per heavy atom. The molecule has 0 bridgehead atoms. The minimum absolute atomic E-state index is 0.0576. The highest BCUT2D eigenvalue weighted by Crippen LogP contribution is 2.29. The number of alkyl halides is 3. The van der Waals surface area contributed by atoms with Crippen LogP contribution in [-0.2, 0) is 27.5 Å². The number of halogens is 3. The van der Waals surface area contributed by atoms with E-state index in [9.17, 15) is 26.4 Å². The van der Waals surface area contributed by atoms with Crippen molar-refractivity contribution in [1.29, 1.82) is 0 Å². The van der Waals surface area contributed by atoms with Crippen LogP contribution in [0.2, 0.25) is 0 Å². The Bertz CT molecular complexity index is 848. The number of hydrogen-bond donors (Lipinski definition) is 1. The molecular formula is C16H17F3N2O3S2. The molecule has 0 aliphatic rings. The number of amides is 1. The first-order chi connectivity index (χ1) is 12.0. The van der Waals surface area contributed by atoms with Crippen molar-refractivity contribution >= 4 is 27.3 Å². The third kappa shape index (κ3) is 5.05. The molecule has 1 heterocycles. The number of carbonyl (C=O) groups excluding carboxylic acids is 1. The van der Waals surface area contributed by atoms with Gasteiger partial charge in [-0.25, -0.2) is 8.42 Å². The molecule has 5 nitrogen and oxygen atoms in total. The minimum atomic E-state index is -4.42. The highest BCUT2D eigenvalue weighted by molar-refractivity contribution is 7.91. The van der Waals surface area contributed by atoms with Crippen LogP contribution < -0.4 is 4.72 Å². The maximum Gasteiger partial charge on any atom is 0.416 e. The van der Waals surface area contributed by atoms with Crippen molar-refractivity contribution in [3.63, 3.8) is 0 Å². The van der Waals surface area contributed by atoms with E-state index in [1.807, 2.05) is 0 Å². The van der Waals surface area contributed by atoms with Gasteiger partial charge in [-0.05, 0) is 36.1 Å². The molecule has 0 fully saturated rings. The summed E-state index contributed by atoms with van der Waals surface area (Å²) in [6.07, 6.45) is -4.42. The average molecular weight is 406 g/mol. The molecule has 1 unspecified atom stereocenters. The van der Waals surface area contributed by atoms with E-state index in [1.165, 1.54) is 37.1 Å². The van der Waals surface area contributed by atoms with E-state index in [0.29, 0.717) is 5.56 Å². The number of nitrogens with zero attached hydrogens (tertiary/aromatic N) is 1. The molecule has 1 N–H and O–H groups in total. The van der Waals surface area contributed by atoms with Crippen molar-refractivity contribution in [3.05, 3.63) is 52.9 Å². The van der Waals surface area contributed by atoms with E-state index in [0.717, 1.165) is 23.5 Å². The van der Waals surface area contributed by atoms with Crippen LogP contribution in [0, 0.1) is 0 Å². The normalized spacial score (nSPS) is 13.4. The first-order valence-electron chi connectivity index (χ1n) is 7.47. The van der Waals surface area contributed by atoms with Gasteiger partial charge in [-0.3, -0.25) is 4.79 Å². The Balaban J connectivity index is 2.00. The molecule has 2 aromatic rings. The van der Waals surface area contributed by atoms with Gasteiger partial charge in [0.25, 0.3) is 10.0 Å². The van der Waals surface area contributed by atoms with Crippen LogP contribution in [0.3, 0.4) is 0 Å². The number of benzene rings is 1. The van der Waals surface area contributed by atoms with Gasteiger partial charge in [-0.1, -0.05) is 18.2 Å². The van der Waals surface area contributed by atoms with Gasteiger partial charge in [0.15, 0.2) is 0 Å². The van der Waals surface area contributed by atoms with Crippen molar-refractivity contribution in [2.24, 2.45) is 0 Å². The maximum atomic E-state index is 12.6. The summed E-state index contributed by atoms with van der Waals surface area (Å²) in [5.74, 6) is -0.495. The molecule has 1 atom stereocenters. The zero-order chi connectivity index (χ0) is 19.5. The predicted octanol–water partition coefficient (Wildman–Crippen LogP) is 3.09. The molecule has 0 radical (unpaired) electrons. The smallest absolute Gasteiger partial charge is 0.340 e. The molecule has 0 saturated heterocycles. The molecule has 0 aliphatic heterocycles. The Morgan fingerprint density at radius 1 is 1.23 bits per heavy atom. The average Bonchev–Trinajstić information content (AvgIpc) is 3.08. The van der Waals surface area contributed by atoms with Gasteiger partial charge in [-0.15, -0.1) is 11.3 Å². The summed E-state index contributed by atoms with van der Waals surface area (Å²) in [7, 11) is -2.34. The van der Waals surface area contributed by atoms with E-state index < -0.39 is 33.7 Å². The third-order valence-corrected chi connectivity index (χ3v) is 6.48. The van der Waals surface area contributed by atoms with E-state index >= 15 is 0 Å². The van der Waals surface area contributed by atoms with Crippen molar-refractivity contribution < 1.29 is 26.4 Å². The molecule has 0 aliphatic carbocycles. The fourth-order valence-corrected chi connectivity index (χ4v) is 4.45. The molecule has 0 spiro atoms. The van der Waals surface area contributed by atoms with Crippen molar-refractivity contribution in [1.82, 2.24) is 9.62 Å². The largest absolute Gasteiger partial charge is 0.416 e. The van der Waals surface area contributed by atoms with Crippen LogP contribution in [0.4, 0.5) is 13.2 Å². The van der Waals surface area contributed by atoms with E-state index in [1.54, 1.807) is 11.4 Å². The number of rotatable bonds is 6. The van der Waals surface area contributed by atoms with Crippen LogP contribution in [0.15, 0.2) is 46.0 Å². The lowest BCUT2D eigenvalue weighted by Gasteiger charge is -2.22. The first-order valence-corrected chi connectivity index (χ1v) is 9.84. The zero-order valence-corrected chi connectivity index (χ0v) is 15.6. The summed E-state index contributed by atoms with van der Waals surface area (Å²) in [6.45, 7) is 1.47. The SMILES string of the molecule is CC(NS(=O)(=O)c1cccs1)C(=O)N(C)Cc1ccc(C(F)(F)F)cc1. The molecule has 1 aromatic carbocycles. The first kappa shape index (κ1) is 20.4. The molecule has 2 rings (SSSR count). The minimum Gasteiger partial charge on any atom is -0.340 e. The highest BCUT2D eigenvalue weighted by atomic mass is 32.2. The van der Waals surface area contributed by atoms with Gasteiger partial charge < -0.3 is 4.90 Å². The number of carbonyl (C=O) groups is 1. The second-order valence-corrected chi connectivity index (χ2v) is 8.55. The van der Waals surface area contributed by atoms with Crippen LogP contribution in [0.1, 0.15) is 18.1 Å². The monoisotopic (exact) mass is 406 g/mol. The van der Waals surface area contributed by atoms with Gasteiger partial charge in [0.05, 0.1) is 11.6 Å². The van der Waals surface area contributed by atoms with E-state index in [4.69, 9.17) is 0 Å². The number of sulfonamides is 1. The van der Waals surface area contributed by atoms with E-state index in [2.05, 4.69) is 4.72 Å². The lowest BCUT2D eigenvalue weighted by Crippen LogP contribution is -2.45. The van der Waals surface area contributed by atoms with Gasteiger partial charge in [0, 0.05) is 13.6 Å². The van der Waals surface area contributed by atoms with Gasteiger partial charge in [-0.2, -0.15) is 17.9 Å². The summed E-state index contributed by atoms with van der Waals surface area (Å²) in [4.78, 5) is 13.6. The zero-order valence-electron chi connectivity index (χ0n) is 13.9. The summed E-state index contributed by atoms with van der Waals surface area (Å²) >= 11 is 1.03. The van der Waals surface area contributed by atoms with Gasteiger partial charge >= 0.3 is 6.18 Å². The molecule has 26 heavy (non-hydrogen) atoms. The number of hydrogen-bond acceptors (Lipinski definition) is 4. The number of nitrogens with one attached hydrogen (secondary N) is 1. The van der Waals surface area contributed by atoms with Crippen LogP contribution in [0.25, 0.3) is 0 Å². The number of thiophene rings is 1. The Morgan fingerprint density at radius 2 is 1.85 bits per heavy atom. The summed E-state index contributed by atoms with van der Waals surface area (Å²) in [5.41, 5.74) is -0.269. The summed E-state index contributed by atoms with van der Waals surface area (Å²) in [6, 6.07) is 6.45. The van der Waals surface area contributed by atoms with Crippen molar-refractivity contribution in [2.75, 3.05) is 7.05 Å². The second-order valence-electron chi connectivity index (χ2n) is 5.66. The molecule has 0 saturated carbocycles. The fraction of sp³-hybridized carbons (Fsp3) is 0.312. The molecule has 1 amide bonds. The Hall–Kier alpha value is -1.91. The summed E-state index contributed by atoms with van der Waals surface area (Å²) < 4.78 is 64.4. The topological polar surface area (TPSA) is 66.5 Å². The molecule has 10 heteroatoms. The lowest BCUT2D eigenvalue weighted by atomic mass is 10.1. The van der Waals surface area contributed by atoms with Crippen LogP contribution >= 0.6 is 11.3 Å². The van der Waals surface area contributed by atoms with Gasteiger partial charge in [0.1, 0.15) is 4.21 Å². The molecular weight excluding hydrogens is 389 g/mol. The van der Waals surface area contributed by atoms with E-state index in [-0.39, 0.29) is 10.8 Å². The second kappa shape index (κ2) is 7.77. The van der Waals surface area contributed by atoms with Crippen molar-refractivity contribution in [3.8, 4) is 0 Å². The van der Waals surface area contributed by atoms with Gasteiger partial charge in [0.2, 0.25) is 5.91 Å². The van der Waals surface area contributed by atoms with Crippen molar-refractivity contribution in [2.45, 2.75) is 29.9 Å². The quantitative estimate of drug-likeness (QED) is 0.802. The predicted molar refractivity (Wildman–Crippen MR) is 92.0 cm³/mol.